The largest absolute Gasteiger partial charge is 0.458 e. The average Bonchev–Trinajstić information content (AvgIpc) is 3.02. The third-order valence-corrected chi connectivity index (χ3v) is 10.2. The van der Waals surface area contributed by atoms with Crippen molar-refractivity contribution < 1.29 is 9.53 Å². The van der Waals surface area contributed by atoms with Crippen LogP contribution in [-0.4, -0.2) is 90.2 Å². The van der Waals surface area contributed by atoms with Gasteiger partial charge in [0.1, 0.15) is 18.0 Å². The zero-order valence-electron chi connectivity index (χ0n) is 27.8. The van der Waals surface area contributed by atoms with Gasteiger partial charge in [-0.1, -0.05) is 57.2 Å². The van der Waals surface area contributed by atoms with Crippen molar-refractivity contribution in [1.29, 1.82) is 0 Å². The van der Waals surface area contributed by atoms with Gasteiger partial charge in [-0.3, -0.25) is 9.69 Å². The maximum Gasteiger partial charge on any atom is 0.319 e. The molecule has 2 aromatic carbocycles. The number of fused-ring (bicyclic) bond motifs is 2. The van der Waals surface area contributed by atoms with E-state index in [4.69, 9.17) is 21.3 Å². The highest BCUT2D eigenvalue weighted by Crippen LogP contribution is 2.36. The lowest BCUT2D eigenvalue weighted by atomic mass is 9.91. The Balaban J connectivity index is 1.36. The predicted octanol–water partition coefficient (Wildman–Crippen LogP) is 5.51. The Bertz CT molecular complexity index is 1620. The molecular formula is C37H47N7O2. The Morgan fingerprint density at radius 1 is 1.15 bits per heavy atom. The summed E-state index contributed by atoms with van der Waals surface area (Å²) < 4.78 is 6.71. The lowest BCUT2D eigenvalue weighted by Gasteiger charge is -2.41. The van der Waals surface area contributed by atoms with E-state index in [2.05, 4.69) is 90.3 Å². The molecule has 1 saturated heterocycles. The molecule has 2 aliphatic heterocycles. The van der Waals surface area contributed by atoms with Crippen LogP contribution in [0.5, 0.6) is 6.01 Å². The zero-order valence-corrected chi connectivity index (χ0v) is 27.8. The molecule has 0 bridgehead atoms. The van der Waals surface area contributed by atoms with Crippen molar-refractivity contribution in [1.82, 2.24) is 19.8 Å². The first-order chi connectivity index (χ1) is 22.3. The smallest absolute Gasteiger partial charge is 0.319 e. The van der Waals surface area contributed by atoms with Crippen molar-refractivity contribution >= 4 is 28.2 Å². The molecule has 2 fully saturated rings. The number of hydrogen-bond acceptors (Lipinski definition) is 7. The number of aromatic nitrogens is 2. The average molecular weight is 622 g/mol. The SMILES string of the molecule is [C-]#[N+]C[C@H]1CN(c2nc(O[C@H](CN(C)C3CCC3)C(C)C)nc3c2CCN(c2cccc4cccc(C)c24)C3)CCN1C(=O)C=C. The van der Waals surface area contributed by atoms with Gasteiger partial charge in [-0.2, -0.15) is 9.97 Å². The minimum absolute atomic E-state index is 0.0474. The van der Waals surface area contributed by atoms with Gasteiger partial charge < -0.3 is 24.3 Å². The van der Waals surface area contributed by atoms with Crippen LogP contribution in [0.1, 0.15) is 49.9 Å². The van der Waals surface area contributed by atoms with Gasteiger partial charge >= 0.3 is 6.01 Å². The summed E-state index contributed by atoms with van der Waals surface area (Å²) in [6.45, 7) is 22.1. The van der Waals surface area contributed by atoms with Gasteiger partial charge in [0.25, 0.3) is 0 Å². The van der Waals surface area contributed by atoms with Crippen molar-refractivity contribution in [3.63, 3.8) is 0 Å². The number of rotatable bonds is 10. The van der Waals surface area contributed by atoms with Gasteiger partial charge in [-0.05, 0) is 62.2 Å². The first-order valence-corrected chi connectivity index (χ1v) is 16.8. The Morgan fingerprint density at radius 3 is 2.63 bits per heavy atom. The number of carbonyl (C=O) groups is 1. The second-order valence-electron chi connectivity index (χ2n) is 13.5. The van der Waals surface area contributed by atoms with Gasteiger partial charge in [0.05, 0.1) is 12.2 Å². The summed E-state index contributed by atoms with van der Waals surface area (Å²) in [6.07, 6.45) is 5.89. The van der Waals surface area contributed by atoms with E-state index in [-0.39, 0.29) is 30.5 Å². The van der Waals surface area contributed by atoms with Crippen molar-refractivity contribution in [2.75, 3.05) is 56.1 Å². The molecule has 1 amide bonds. The Labute approximate surface area is 273 Å². The molecule has 9 heteroatoms. The first-order valence-electron chi connectivity index (χ1n) is 16.8. The minimum atomic E-state index is -0.231. The van der Waals surface area contributed by atoms with Crippen LogP contribution in [-0.2, 0) is 17.8 Å². The number of nitrogens with zero attached hydrogens (tertiary/aromatic N) is 7. The van der Waals surface area contributed by atoms with Crippen molar-refractivity contribution in [2.24, 2.45) is 5.92 Å². The number of piperazine rings is 1. The lowest BCUT2D eigenvalue weighted by molar-refractivity contribution is -0.128. The number of anilines is 2. The van der Waals surface area contributed by atoms with Gasteiger partial charge in [0.2, 0.25) is 12.5 Å². The van der Waals surface area contributed by atoms with Gasteiger partial charge in [0, 0.05) is 55.4 Å². The topological polar surface area (TPSA) is 69.4 Å². The number of hydrogen-bond donors (Lipinski definition) is 0. The summed E-state index contributed by atoms with van der Waals surface area (Å²) in [5.41, 5.74) is 4.61. The van der Waals surface area contributed by atoms with Crippen LogP contribution in [0.4, 0.5) is 11.5 Å². The normalized spacial score (nSPS) is 19.2. The van der Waals surface area contributed by atoms with E-state index in [0.717, 1.165) is 36.6 Å². The minimum Gasteiger partial charge on any atom is -0.458 e. The molecule has 1 aromatic heterocycles. The number of aryl methyl sites for hydroxylation is 1. The third-order valence-electron chi connectivity index (χ3n) is 10.2. The first kappa shape index (κ1) is 31.8. The fourth-order valence-corrected chi connectivity index (χ4v) is 7.17. The second-order valence-corrected chi connectivity index (χ2v) is 13.5. The Kier molecular flexibility index (Phi) is 9.46. The molecule has 3 aliphatic rings. The maximum atomic E-state index is 12.6. The maximum absolute atomic E-state index is 12.6. The Hall–Kier alpha value is -4.16. The van der Waals surface area contributed by atoms with Gasteiger partial charge in [-0.25, -0.2) is 6.57 Å². The van der Waals surface area contributed by atoms with Crippen LogP contribution in [0, 0.1) is 19.4 Å². The molecule has 0 N–H and O–H groups in total. The lowest BCUT2D eigenvalue weighted by Crippen LogP contribution is -2.56. The highest BCUT2D eigenvalue weighted by molar-refractivity contribution is 5.97. The van der Waals surface area contributed by atoms with Crippen molar-refractivity contribution in [3.8, 4) is 6.01 Å². The molecular weight excluding hydrogens is 574 g/mol. The molecule has 3 heterocycles. The fourth-order valence-electron chi connectivity index (χ4n) is 7.17. The van der Waals surface area contributed by atoms with E-state index in [1.807, 2.05) is 0 Å². The summed E-state index contributed by atoms with van der Waals surface area (Å²) >= 11 is 0. The molecule has 2 atom stereocenters. The molecule has 0 unspecified atom stereocenters. The van der Waals surface area contributed by atoms with E-state index in [9.17, 15) is 4.79 Å². The molecule has 0 spiro atoms. The number of likely N-dealkylation sites (N-methyl/N-ethyl adjacent to an activating group) is 1. The van der Waals surface area contributed by atoms with Crippen molar-refractivity contribution in [3.05, 3.63) is 77.3 Å². The van der Waals surface area contributed by atoms with E-state index in [1.165, 1.54) is 47.4 Å². The predicted molar refractivity (Wildman–Crippen MR) is 184 cm³/mol. The van der Waals surface area contributed by atoms with E-state index in [0.29, 0.717) is 38.2 Å². The highest BCUT2D eigenvalue weighted by Gasteiger charge is 2.35. The molecule has 0 radical (unpaired) electrons. The van der Waals surface area contributed by atoms with Crippen LogP contribution in [0.2, 0.25) is 0 Å². The van der Waals surface area contributed by atoms with Crippen LogP contribution in [0.15, 0.2) is 49.1 Å². The van der Waals surface area contributed by atoms with E-state index >= 15 is 0 Å². The quantitative estimate of drug-likeness (QED) is 0.218. The van der Waals surface area contributed by atoms with E-state index in [1.54, 1.807) is 4.90 Å². The monoisotopic (exact) mass is 621 g/mol. The van der Waals surface area contributed by atoms with E-state index < -0.39 is 0 Å². The van der Waals surface area contributed by atoms with Crippen LogP contribution >= 0.6 is 0 Å². The number of ether oxygens (including phenoxy) is 1. The highest BCUT2D eigenvalue weighted by atomic mass is 16.5. The van der Waals surface area contributed by atoms with Crippen LogP contribution < -0.4 is 14.5 Å². The Morgan fingerprint density at radius 2 is 1.93 bits per heavy atom. The molecule has 3 aromatic rings. The zero-order chi connectivity index (χ0) is 32.4. The summed E-state index contributed by atoms with van der Waals surface area (Å²) in [5.74, 6) is 1.04. The van der Waals surface area contributed by atoms with Crippen LogP contribution in [0.25, 0.3) is 15.6 Å². The summed E-state index contributed by atoms with van der Waals surface area (Å²) in [5, 5.41) is 2.52. The van der Waals surface area contributed by atoms with Crippen LogP contribution in [0.3, 0.4) is 0 Å². The fraction of sp³-hybridized carbons (Fsp3) is 0.514. The molecule has 46 heavy (non-hydrogen) atoms. The number of benzene rings is 2. The standard InChI is InChI=1S/C37H47N7O2/c1-7-34(45)44-20-19-43(22-29(44)21-38-5)36-30-17-18-42(32-16-9-13-27-12-8-11-26(4)35(27)32)23-31(30)39-37(40-36)46-33(25(2)3)24-41(6)28-14-10-15-28/h7-9,11-13,16,25,28-29,33H,1,10,14-15,17-24H2,2-4,6H3/t29-,33+/m0/s1. The third kappa shape index (κ3) is 6.41. The van der Waals surface area contributed by atoms with Crippen molar-refractivity contribution in [2.45, 2.75) is 71.2 Å². The second kappa shape index (κ2) is 13.7. The summed E-state index contributed by atoms with van der Waals surface area (Å²) in [4.78, 5) is 35.5. The summed E-state index contributed by atoms with van der Waals surface area (Å²) in [7, 11) is 2.20. The molecule has 6 rings (SSSR count). The summed E-state index contributed by atoms with van der Waals surface area (Å²) in [6, 6.07) is 13.8. The molecule has 242 valence electrons. The van der Waals surface area contributed by atoms with Gasteiger partial charge in [-0.15, -0.1) is 0 Å². The number of amides is 1. The molecule has 9 nitrogen and oxygen atoms in total. The molecule has 1 aliphatic carbocycles. The molecule has 1 saturated carbocycles. The number of carbonyl (C=O) groups excluding carboxylic acids is 1. The van der Waals surface area contributed by atoms with Gasteiger partial charge in [0.15, 0.2) is 0 Å².